The second kappa shape index (κ2) is 5.80. The maximum atomic E-state index is 4.42. The summed E-state index contributed by atoms with van der Waals surface area (Å²) in [7, 11) is 0. The molecule has 0 saturated carbocycles. The van der Waals surface area contributed by atoms with E-state index >= 15 is 0 Å². The predicted molar refractivity (Wildman–Crippen MR) is 71.2 cm³/mol. The van der Waals surface area contributed by atoms with Crippen molar-refractivity contribution in [2.75, 3.05) is 11.9 Å². The fourth-order valence-corrected chi connectivity index (χ4v) is 2.20. The Kier molecular flexibility index (Phi) is 4.13. The average molecular weight is 231 g/mol. The van der Waals surface area contributed by atoms with Crippen molar-refractivity contribution in [3.05, 3.63) is 29.2 Å². The predicted octanol–water partition coefficient (Wildman–Crippen LogP) is 3.12. The SMILES string of the molecule is CC(C)=CCNc1ncnc2c1CCCCC2. The van der Waals surface area contributed by atoms with Gasteiger partial charge in [0, 0.05) is 17.8 Å². The van der Waals surface area contributed by atoms with Gasteiger partial charge in [-0.1, -0.05) is 18.1 Å². The van der Waals surface area contributed by atoms with Crippen LogP contribution in [-0.4, -0.2) is 16.5 Å². The van der Waals surface area contributed by atoms with Crippen LogP contribution < -0.4 is 5.32 Å². The van der Waals surface area contributed by atoms with Crippen molar-refractivity contribution in [2.45, 2.75) is 46.0 Å². The molecule has 1 N–H and O–H groups in total. The smallest absolute Gasteiger partial charge is 0.133 e. The van der Waals surface area contributed by atoms with Crippen molar-refractivity contribution in [3.63, 3.8) is 0 Å². The Morgan fingerprint density at radius 2 is 2.06 bits per heavy atom. The van der Waals surface area contributed by atoms with Gasteiger partial charge < -0.3 is 5.32 Å². The molecule has 3 nitrogen and oxygen atoms in total. The molecule has 0 fully saturated rings. The number of nitrogens with zero attached hydrogens (tertiary/aromatic N) is 2. The number of aryl methyl sites for hydroxylation is 1. The maximum Gasteiger partial charge on any atom is 0.133 e. The zero-order valence-corrected chi connectivity index (χ0v) is 10.8. The lowest BCUT2D eigenvalue weighted by molar-refractivity contribution is 0.709. The highest BCUT2D eigenvalue weighted by atomic mass is 15.0. The van der Waals surface area contributed by atoms with Crippen molar-refractivity contribution in [1.82, 2.24) is 9.97 Å². The molecule has 2 rings (SSSR count). The van der Waals surface area contributed by atoms with Gasteiger partial charge in [0.2, 0.25) is 0 Å². The first kappa shape index (κ1) is 12.1. The topological polar surface area (TPSA) is 37.8 Å². The number of aromatic nitrogens is 2. The minimum absolute atomic E-state index is 0.853. The number of fused-ring (bicyclic) bond motifs is 1. The van der Waals surface area contributed by atoms with E-state index < -0.39 is 0 Å². The second-order valence-electron chi connectivity index (χ2n) is 4.87. The quantitative estimate of drug-likeness (QED) is 0.641. The van der Waals surface area contributed by atoms with Gasteiger partial charge >= 0.3 is 0 Å². The molecule has 0 aliphatic heterocycles. The highest BCUT2D eigenvalue weighted by Crippen LogP contribution is 2.23. The molecule has 1 aliphatic rings. The third-order valence-electron chi connectivity index (χ3n) is 3.15. The van der Waals surface area contributed by atoms with Gasteiger partial charge in [-0.15, -0.1) is 0 Å². The Labute approximate surface area is 103 Å². The van der Waals surface area contributed by atoms with E-state index in [9.17, 15) is 0 Å². The lowest BCUT2D eigenvalue weighted by Crippen LogP contribution is -2.08. The third-order valence-corrected chi connectivity index (χ3v) is 3.15. The molecule has 17 heavy (non-hydrogen) atoms. The lowest BCUT2D eigenvalue weighted by Gasteiger charge is -2.11. The standard InChI is InChI=1S/C14H21N3/c1-11(2)8-9-15-14-12-6-4-3-5-7-13(12)16-10-17-14/h8,10H,3-7,9H2,1-2H3,(H,15,16,17). The van der Waals surface area contributed by atoms with Crippen LogP contribution in [0.4, 0.5) is 5.82 Å². The van der Waals surface area contributed by atoms with Gasteiger partial charge in [0.15, 0.2) is 0 Å². The summed E-state index contributed by atoms with van der Waals surface area (Å²) in [6.45, 7) is 5.08. The van der Waals surface area contributed by atoms with E-state index in [1.165, 1.54) is 36.1 Å². The van der Waals surface area contributed by atoms with Crippen molar-refractivity contribution in [1.29, 1.82) is 0 Å². The van der Waals surface area contributed by atoms with E-state index in [0.717, 1.165) is 25.2 Å². The Hall–Kier alpha value is -1.38. The molecule has 92 valence electrons. The lowest BCUT2D eigenvalue weighted by atomic mass is 10.1. The molecule has 0 spiro atoms. The molecule has 3 heteroatoms. The zero-order valence-electron chi connectivity index (χ0n) is 10.8. The molecule has 0 aromatic carbocycles. The molecule has 0 saturated heterocycles. The Bertz CT molecular complexity index is 406. The molecule has 1 aromatic heterocycles. The van der Waals surface area contributed by atoms with Gasteiger partial charge in [-0.25, -0.2) is 9.97 Å². The van der Waals surface area contributed by atoms with E-state index in [2.05, 4.69) is 35.2 Å². The molecule has 0 unspecified atom stereocenters. The van der Waals surface area contributed by atoms with Gasteiger partial charge in [-0.3, -0.25) is 0 Å². The first-order valence-electron chi connectivity index (χ1n) is 6.47. The van der Waals surface area contributed by atoms with Crippen molar-refractivity contribution >= 4 is 5.82 Å². The largest absolute Gasteiger partial charge is 0.366 e. The average Bonchev–Trinajstić information content (AvgIpc) is 2.54. The molecular formula is C14H21N3. The number of rotatable bonds is 3. The van der Waals surface area contributed by atoms with Crippen LogP contribution in [0, 0.1) is 0 Å². The molecule has 1 aliphatic carbocycles. The van der Waals surface area contributed by atoms with E-state index in [1.54, 1.807) is 6.33 Å². The van der Waals surface area contributed by atoms with Crippen LogP contribution in [0.25, 0.3) is 0 Å². The molecule has 0 bridgehead atoms. The minimum atomic E-state index is 0.853. The number of hydrogen-bond donors (Lipinski definition) is 1. The maximum absolute atomic E-state index is 4.42. The number of nitrogens with one attached hydrogen (secondary N) is 1. The fourth-order valence-electron chi connectivity index (χ4n) is 2.20. The van der Waals surface area contributed by atoms with Gasteiger partial charge in [0.25, 0.3) is 0 Å². The van der Waals surface area contributed by atoms with E-state index in [4.69, 9.17) is 0 Å². The molecule has 0 atom stereocenters. The summed E-state index contributed by atoms with van der Waals surface area (Å²) in [5.74, 6) is 1.04. The van der Waals surface area contributed by atoms with Crippen LogP contribution in [0.5, 0.6) is 0 Å². The first-order chi connectivity index (χ1) is 8.27. The Morgan fingerprint density at radius 3 is 2.88 bits per heavy atom. The number of anilines is 1. The monoisotopic (exact) mass is 231 g/mol. The summed E-state index contributed by atoms with van der Waals surface area (Å²) >= 11 is 0. The van der Waals surface area contributed by atoms with Crippen LogP contribution >= 0.6 is 0 Å². The van der Waals surface area contributed by atoms with Gasteiger partial charge in [-0.2, -0.15) is 0 Å². The molecule has 0 amide bonds. The van der Waals surface area contributed by atoms with Crippen LogP contribution in [0.15, 0.2) is 18.0 Å². The summed E-state index contributed by atoms with van der Waals surface area (Å²) in [5, 5.41) is 3.40. The van der Waals surface area contributed by atoms with Crippen LogP contribution in [0.1, 0.15) is 44.4 Å². The van der Waals surface area contributed by atoms with Gasteiger partial charge in [0.05, 0.1) is 0 Å². The normalized spacial score (nSPS) is 14.7. The van der Waals surface area contributed by atoms with Crippen LogP contribution in [-0.2, 0) is 12.8 Å². The summed E-state index contributed by atoms with van der Waals surface area (Å²) in [6, 6.07) is 0. The Balaban J connectivity index is 2.14. The molecule has 1 heterocycles. The first-order valence-corrected chi connectivity index (χ1v) is 6.47. The summed E-state index contributed by atoms with van der Waals surface area (Å²) in [5.41, 5.74) is 3.92. The summed E-state index contributed by atoms with van der Waals surface area (Å²) < 4.78 is 0. The third kappa shape index (κ3) is 3.29. The fraction of sp³-hybridized carbons (Fsp3) is 0.571. The van der Waals surface area contributed by atoms with E-state index in [0.29, 0.717) is 0 Å². The highest BCUT2D eigenvalue weighted by Gasteiger charge is 2.13. The second-order valence-corrected chi connectivity index (χ2v) is 4.87. The van der Waals surface area contributed by atoms with Crippen molar-refractivity contribution in [3.8, 4) is 0 Å². The molecular weight excluding hydrogens is 210 g/mol. The summed E-state index contributed by atoms with van der Waals surface area (Å²) in [4.78, 5) is 8.80. The van der Waals surface area contributed by atoms with Gasteiger partial charge in [-0.05, 0) is 39.5 Å². The van der Waals surface area contributed by atoms with E-state index in [-0.39, 0.29) is 0 Å². The summed E-state index contributed by atoms with van der Waals surface area (Å²) in [6.07, 6.45) is 9.93. The zero-order chi connectivity index (χ0) is 12.1. The highest BCUT2D eigenvalue weighted by molar-refractivity contribution is 5.47. The van der Waals surface area contributed by atoms with E-state index in [1.807, 2.05) is 0 Å². The molecule has 1 aromatic rings. The van der Waals surface area contributed by atoms with Crippen molar-refractivity contribution in [2.24, 2.45) is 0 Å². The van der Waals surface area contributed by atoms with Gasteiger partial charge in [0.1, 0.15) is 12.1 Å². The van der Waals surface area contributed by atoms with Crippen LogP contribution in [0.3, 0.4) is 0 Å². The molecule has 0 radical (unpaired) electrons. The number of allylic oxidation sites excluding steroid dienone is 1. The van der Waals surface area contributed by atoms with Crippen molar-refractivity contribution < 1.29 is 0 Å². The van der Waals surface area contributed by atoms with Crippen LogP contribution in [0.2, 0.25) is 0 Å². The minimum Gasteiger partial charge on any atom is -0.366 e. The Morgan fingerprint density at radius 1 is 1.24 bits per heavy atom. The number of hydrogen-bond acceptors (Lipinski definition) is 3.